The number of hydrogen-bond acceptors (Lipinski definition) is 2. The lowest BCUT2D eigenvalue weighted by Gasteiger charge is -2.16. The summed E-state index contributed by atoms with van der Waals surface area (Å²) < 4.78 is 19.8. The summed E-state index contributed by atoms with van der Waals surface area (Å²) in [7, 11) is 1.48. The minimum atomic E-state index is -0.997. The van der Waals surface area contributed by atoms with Crippen LogP contribution in [0.4, 0.5) is 4.39 Å². The molecule has 0 radical (unpaired) electrons. The van der Waals surface area contributed by atoms with Crippen LogP contribution in [0.25, 0.3) is 0 Å². The number of ether oxygens (including phenoxy) is 1. The van der Waals surface area contributed by atoms with E-state index in [-0.39, 0.29) is 5.56 Å². The molecule has 1 atom stereocenters. The largest absolute Gasteiger partial charge is 0.497 e. The Balaban J connectivity index is 2.44. The first-order valence-electron chi connectivity index (χ1n) is 5.81. The fourth-order valence-corrected chi connectivity index (χ4v) is 2.33. The van der Waals surface area contributed by atoms with Gasteiger partial charge in [0.15, 0.2) is 0 Å². The monoisotopic (exact) mass is 324 g/mol. The molecule has 1 N–H and O–H groups in total. The molecule has 0 heterocycles. The molecule has 0 amide bonds. The SMILES string of the molecule is COc1ccc(C(O)c2cccc(Br)c2C)c(F)c1. The normalized spacial score (nSPS) is 12.3. The molecular formula is C15H14BrFO2. The summed E-state index contributed by atoms with van der Waals surface area (Å²) in [5, 5.41) is 10.3. The Hall–Kier alpha value is -1.39. The number of aliphatic hydroxyl groups excluding tert-OH is 1. The van der Waals surface area contributed by atoms with Crippen LogP contribution >= 0.6 is 15.9 Å². The lowest BCUT2D eigenvalue weighted by atomic mass is 9.97. The summed E-state index contributed by atoms with van der Waals surface area (Å²) in [5.41, 5.74) is 1.81. The molecule has 0 spiro atoms. The zero-order valence-electron chi connectivity index (χ0n) is 10.7. The van der Waals surface area contributed by atoms with E-state index in [1.807, 2.05) is 19.1 Å². The van der Waals surface area contributed by atoms with Crippen LogP contribution in [0.15, 0.2) is 40.9 Å². The Bertz CT molecular complexity index is 599. The predicted octanol–water partition coefficient (Wildman–Crippen LogP) is 3.99. The number of methoxy groups -OCH3 is 1. The van der Waals surface area contributed by atoms with Crippen molar-refractivity contribution in [3.63, 3.8) is 0 Å². The molecular weight excluding hydrogens is 311 g/mol. The summed E-state index contributed by atoms with van der Waals surface area (Å²) in [4.78, 5) is 0. The molecule has 0 saturated carbocycles. The van der Waals surface area contributed by atoms with Gasteiger partial charge in [-0.25, -0.2) is 4.39 Å². The maximum Gasteiger partial charge on any atom is 0.133 e. The van der Waals surface area contributed by atoms with E-state index in [1.54, 1.807) is 18.2 Å². The molecule has 0 aliphatic rings. The van der Waals surface area contributed by atoms with Crippen LogP contribution in [0.2, 0.25) is 0 Å². The van der Waals surface area contributed by atoms with Gasteiger partial charge in [-0.2, -0.15) is 0 Å². The van der Waals surface area contributed by atoms with E-state index < -0.39 is 11.9 Å². The minimum absolute atomic E-state index is 0.238. The zero-order valence-corrected chi connectivity index (χ0v) is 12.2. The van der Waals surface area contributed by atoms with Gasteiger partial charge in [-0.1, -0.05) is 28.1 Å². The zero-order chi connectivity index (χ0) is 14.0. The van der Waals surface area contributed by atoms with Gasteiger partial charge in [0.1, 0.15) is 17.7 Å². The molecule has 2 rings (SSSR count). The first-order chi connectivity index (χ1) is 9.04. The molecule has 0 fully saturated rings. The van der Waals surface area contributed by atoms with Crippen LogP contribution in [0.5, 0.6) is 5.75 Å². The summed E-state index contributed by atoms with van der Waals surface area (Å²) in [6.07, 6.45) is -0.997. The van der Waals surface area contributed by atoms with Gasteiger partial charge in [-0.3, -0.25) is 0 Å². The Morgan fingerprint density at radius 1 is 1.21 bits per heavy atom. The molecule has 0 aliphatic heterocycles. The van der Waals surface area contributed by atoms with E-state index in [9.17, 15) is 9.50 Å². The lowest BCUT2D eigenvalue weighted by Crippen LogP contribution is -2.05. The summed E-state index contributed by atoms with van der Waals surface area (Å²) in [5.74, 6) is -0.0503. The van der Waals surface area contributed by atoms with Gasteiger partial charge in [-0.15, -0.1) is 0 Å². The van der Waals surface area contributed by atoms with Crippen LogP contribution in [-0.2, 0) is 0 Å². The number of hydrogen-bond donors (Lipinski definition) is 1. The smallest absolute Gasteiger partial charge is 0.133 e. The van der Waals surface area contributed by atoms with Crippen LogP contribution in [0, 0.1) is 12.7 Å². The Labute approximate surface area is 120 Å². The van der Waals surface area contributed by atoms with Crippen molar-refractivity contribution in [2.75, 3.05) is 7.11 Å². The molecule has 0 aromatic heterocycles. The third-order valence-corrected chi connectivity index (χ3v) is 3.97. The third-order valence-electron chi connectivity index (χ3n) is 3.11. The Morgan fingerprint density at radius 2 is 1.95 bits per heavy atom. The van der Waals surface area contributed by atoms with E-state index in [4.69, 9.17) is 4.74 Å². The third kappa shape index (κ3) is 2.80. The van der Waals surface area contributed by atoms with Gasteiger partial charge in [0.05, 0.1) is 7.11 Å². The Morgan fingerprint density at radius 3 is 2.58 bits per heavy atom. The van der Waals surface area contributed by atoms with Crippen molar-refractivity contribution < 1.29 is 14.2 Å². The lowest BCUT2D eigenvalue weighted by molar-refractivity contribution is 0.214. The quantitative estimate of drug-likeness (QED) is 0.925. The van der Waals surface area contributed by atoms with E-state index in [2.05, 4.69) is 15.9 Å². The van der Waals surface area contributed by atoms with Crippen LogP contribution in [0.1, 0.15) is 22.8 Å². The predicted molar refractivity (Wildman–Crippen MR) is 75.9 cm³/mol. The highest BCUT2D eigenvalue weighted by Gasteiger charge is 2.18. The van der Waals surface area contributed by atoms with Gasteiger partial charge in [0.25, 0.3) is 0 Å². The average molecular weight is 325 g/mol. The second kappa shape index (κ2) is 5.72. The molecule has 2 nitrogen and oxygen atoms in total. The van der Waals surface area contributed by atoms with Crippen LogP contribution < -0.4 is 4.74 Å². The van der Waals surface area contributed by atoms with Crippen molar-refractivity contribution in [3.05, 3.63) is 63.4 Å². The van der Waals surface area contributed by atoms with Crippen molar-refractivity contribution >= 4 is 15.9 Å². The molecule has 1 unspecified atom stereocenters. The molecule has 2 aromatic carbocycles. The molecule has 0 bridgehead atoms. The maximum absolute atomic E-state index is 14.0. The van der Waals surface area contributed by atoms with Crippen molar-refractivity contribution in [3.8, 4) is 5.75 Å². The van der Waals surface area contributed by atoms with Gasteiger partial charge >= 0.3 is 0 Å². The summed E-state index contributed by atoms with van der Waals surface area (Å²) in [6.45, 7) is 1.88. The summed E-state index contributed by atoms with van der Waals surface area (Å²) >= 11 is 3.40. The Kier molecular flexibility index (Phi) is 4.22. The van der Waals surface area contributed by atoms with Crippen molar-refractivity contribution in [2.24, 2.45) is 0 Å². The molecule has 100 valence electrons. The highest BCUT2D eigenvalue weighted by atomic mass is 79.9. The van der Waals surface area contributed by atoms with E-state index >= 15 is 0 Å². The average Bonchev–Trinajstić information content (AvgIpc) is 2.41. The maximum atomic E-state index is 14.0. The standard InChI is InChI=1S/C15H14BrFO2/c1-9-11(4-3-5-13(9)16)15(18)12-7-6-10(19-2)8-14(12)17/h3-8,15,18H,1-2H3. The number of halogens is 2. The van der Waals surface area contributed by atoms with Crippen molar-refractivity contribution in [1.29, 1.82) is 0 Å². The minimum Gasteiger partial charge on any atom is -0.497 e. The van der Waals surface area contributed by atoms with Crippen LogP contribution in [-0.4, -0.2) is 12.2 Å². The van der Waals surface area contributed by atoms with Gasteiger partial charge in [0, 0.05) is 16.1 Å². The van der Waals surface area contributed by atoms with Gasteiger partial charge < -0.3 is 9.84 Å². The van der Waals surface area contributed by atoms with Gasteiger partial charge in [0.2, 0.25) is 0 Å². The number of rotatable bonds is 3. The molecule has 4 heteroatoms. The molecule has 0 saturated heterocycles. The fraction of sp³-hybridized carbons (Fsp3) is 0.200. The second-order valence-corrected chi connectivity index (χ2v) is 5.10. The first-order valence-corrected chi connectivity index (χ1v) is 6.60. The van der Waals surface area contributed by atoms with Crippen LogP contribution in [0.3, 0.4) is 0 Å². The van der Waals surface area contributed by atoms with Crippen molar-refractivity contribution in [2.45, 2.75) is 13.0 Å². The molecule has 19 heavy (non-hydrogen) atoms. The van der Waals surface area contributed by atoms with Crippen molar-refractivity contribution in [1.82, 2.24) is 0 Å². The summed E-state index contributed by atoms with van der Waals surface area (Å²) in [6, 6.07) is 9.93. The first kappa shape index (κ1) is 14.0. The fourth-order valence-electron chi connectivity index (χ4n) is 1.94. The number of benzene rings is 2. The van der Waals surface area contributed by atoms with E-state index in [0.29, 0.717) is 11.3 Å². The molecule has 2 aromatic rings. The van der Waals surface area contributed by atoms with Gasteiger partial charge in [-0.05, 0) is 36.2 Å². The number of aliphatic hydroxyl groups is 1. The topological polar surface area (TPSA) is 29.5 Å². The highest BCUT2D eigenvalue weighted by molar-refractivity contribution is 9.10. The molecule has 0 aliphatic carbocycles. The second-order valence-electron chi connectivity index (χ2n) is 4.24. The van der Waals surface area contributed by atoms with E-state index in [1.165, 1.54) is 13.2 Å². The highest BCUT2D eigenvalue weighted by Crippen LogP contribution is 2.31. The van der Waals surface area contributed by atoms with E-state index in [0.717, 1.165) is 10.0 Å².